The zero-order valence-electron chi connectivity index (χ0n) is 28.3. The first-order valence-corrected chi connectivity index (χ1v) is 18.0. The Balaban J connectivity index is 1.17. The van der Waals surface area contributed by atoms with Crippen molar-refractivity contribution < 1.29 is 36.5 Å². The van der Waals surface area contributed by atoms with Crippen molar-refractivity contribution in [3.8, 4) is 22.9 Å². The minimum absolute atomic E-state index is 0.0736. The molecule has 2 N–H and O–H groups in total. The van der Waals surface area contributed by atoms with Crippen LogP contribution in [0.25, 0.3) is 32.8 Å². The minimum Gasteiger partial charge on any atom is -0.508 e. The SMILES string of the molecule is CCc1c(F)ccc2cc(O)cc(-c3c(C(F)(F)F)cc4c(N5CC6CCC(C5)N6)nc(OCC5(CN6C[C@H]7COC[C@H]7C6)CC5)nc4c3F)c12. The fourth-order valence-corrected chi connectivity index (χ4v) is 9.13. The Kier molecular flexibility index (Phi) is 7.86. The third-order valence-electron chi connectivity index (χ3n) is 11.8. The van der Waals surface area contributed by atoms with Gasteiger partial charge in [-0.15, -0.1) is 0 Å². The summed E-state index contributed by atoms with van der Waals surface area (Å²) in [5.74, 6) is -0.921. The van der Waals surface area contributed by atoms with E-state index in [0.717, 1.165) is 70.7 Å². The molecule has 0 amide bonds. The number of piperazine rings is 1. The molecule has 5 heterocycles. The van der Waals surface area contributed by atoms with E-state index in [1.807, 2.05) is 4.90 Å². The number of aromatic hydroxyl groups is 1. The van der Waals surface area contributed by atoms with E-state index in [4.69, 9.17) is 14.5 Å². The lowest BCUT2D eigenvalue weighted by Crippen LogP contribution is -2.51. The van der Waals surface area contributed by atoms with Crippen molar-refractivity contribution in [2.24, 2.45) is 17.3 Å². The molecule has 0 spiro atoms. The summed E-state index contributed by atoms with van der Waals surface area (Å²) in [5.41, 5.74) is -2.59. The minimum atomic E-state index is -5.00. The Morgan fingerprint density at radius 2 is 1.73 bits per heavy atom. The molecule has 270 valence electrons. The van der Waals surface area contributed by atoms with Gasteiger partial charge in [0.25, 0.3) is 0 Å². The second kappa shape index (κ2) is 12.1. The molecule has 3 aromatic carbocycles. The molecule has 2 bridgehead atoms. The molecule has 4 aromatic rings. The zero-order valence-corrected chi connectivity index (χ0v) is 28.3. The average Bonchev–Trinajstić information content (AvgIpc) is 3.33. The highest BCUT2D eigenvalue weighted by molar-refractivity contribution is 6.04. The number of halogens is 5. The van der Waals surface area contributed by atoms with Gasteiger partial charge in [-0.25, -0.2) is 8.78 Å². The first kappa shape index (κ1) is 33.1. The lowest BCUT2D eigenvalue weighted by atomic mass is 9.89. The normalized spacial score (nSPS) is 25.6. The van der Waals surface area contributed by atoms with Gasteiger partial charge < -0.3 is 29.7 Å². The number of phenolic OH excluding ortho intramolecular Hbond substituents is 1. The molecule has 0 radical (unpaired) electrons. The number of hydrogen-bond donors (Lipinski definition) is 2. The molecule has 4 atom stereocenters. The van der Waals surface area contributed by atoms with E-state index in [1.165, 1.54) is 18.2 Å². The van der Waals surface area contributed by atoms with Crippen LogP contribution in [0, 0.1) is 28.9 Å². The van der Waals surface area contributed by atoms with Crippen molar-refractivity contribution in [1.29, 1.82) is 0 Å². The summed E-state index contributed by atoms with van der Waals surface area (Å²) in [6, 6.07) is 6.07. The highest BCUT2D eigenvalue weighted by atomic mass is 19.4. The van der Waals surface area contributed by atoms with E-state index in [0.29, 0.717) is 36.9 Å². The van der Waals surface area contributed by atoms with E-state index < -0.39 is 28.9 Å². The number of anilines is 1. The number of rotatable bonds is 8. The standard InChI is InChI=1S/C38H40F5N5O3/c1-2-26-30(39)6-3-20-9-25(49)10-27(31(20)26)32-29(38(41,42)43)11-28-34(33(32)40)45-36(46-35(28)48-14-23-4-5-24(15-48)44-23)51-19-37(7-8-37)18-47-12-21-16-50-17-22(21)13-47/h3,6,9-11,21-24,44,49H,2,4-5,7-8,12-19H2,1H3/t21-,22+,23?,24?. The van der Waals surface area contributed by atoms with Crippen molar-refractivity contribution in [3.63, 3.8) is 0 Å². The van der Waals surface area contributed by atoms with E-state index in [1.54, 1.807) is 6.92 Å². The van der Waals surface area contributed by atoms with Crippen molar-refractivity contribution in [2.75, 3.05) is 57.4 Å². The molecular formula is C38H40F5N5O3. The van der Waals surface area contributed by atoms with E-state index >= 15 is 22.0 Å². The van der Waals surface area contributed by atoms with Crippen LogP contribution in [0.1, 0.15) is 43.7 Å². The molecule has 1 saturated carbocycles. The Labute approximate surface area is 291 Å². The Hall–Kier alpha value is -3.81. The number of hydrogen-bond acceptors (Lipinski definition) is 8. The highest BCUT2D eigenvalue weighted by Crippen LogP contribution is 2.49. The third-order valence-corrected chi connectivity index (χ3v) is 11.8. The van der Waals surface area contributed by atoms with Gasteiger partial charge in [-0.05, 0) is 78.3 Å². The summed E-state index contributed by atoms with van der Waals surface area (Å²) in [4.78, 5) is 13.6. The summed E-state index contributed by atoms with van der Waals surface area (Å²) in [5, 5.41) is 14.5. The first-order valence-electron chi connectivity index (χ1n) is 18.0. The van der Waals surface area contributed by atoms with Crippen LogP contribution in [0.2, 0.25) is 0 Å². The fourth-order valence-electron chi connectivity index (χ4n) is 9.13. The van der Waals surface area contributed by atoms with E-state index in [-0.39, 0.29) is 68.9 Å². The second-order valence-electron chi connectivity index (χ2n) is 15.4. The van der Waals surface area contributed by atoms with Crippen LogP contribution in [0.4, 0.5) is 27.8 Å². The lowest BCUT2D eigenvalue weighted by Gasteiger charge is -2.34. The number of nitrogens with one attached hydrogen (secondary N) is 1. The van der Waals surface area contributed by atoms with Gasteiger partial charge in [0.1, 0.15) is 22.9 Å². The number of benzene rings is 3. The Morgan fingerprint density at radius 1 is 1.00 bits per heavy atom. The zero-order chi connectivity index (χ0) is 35.2. The van der Waals surface area contributed by atoms with Gasteiger partial charge >= 0.3 is 12.2 Å². The van der Waals surface area contributed by atoms with Crippen molar-refractivity contribution in [1.82, 2.24) is 20.2 Å². The van der Waals surface area contributed by atoms with Gasteiger partial charge in [0.15, 0.2) is 5.82 Å². The maximum atomic E-state index is 17.2. The number of phenols is 1. The van der Waals surface area contributed by atoms with Gasteiger partial charge in [0, 0.05) is 73.0 Å². The predicted octanol–water partition coefficient (Wildman–Crippen LogP) is 6.69. The van der Waals surface area contributed by atoms with Crippen molar-refractivity contribution >= 4 is 27.5 Å². The Bertz CT molecular complexity index is 2010. The van der Waals surface area contributed by atoms with Crippen molar-refractivity contribution in [2.45, 2.75) is 57.3 Å². The molecular weight excluding hydrogens is 669 g/mol. The van der Waals surface area contributed by atoms with Crippen LogP contribution >= 0.6 is 0 Å². The summed E-state index contributed by atoms with van der Waals surface area (Å²) >= 11 is 0. The topological polar surface area (TPSA) is 83.0 Å². The molecule has 51 heavy (non-hydrogen) atoms. The summed E-state index contributed by atoms with van der Waals surface area (Å²) in [7, 11) is 0. The number of ether oxygens (including phenoxy) is 2. The molecule has 4 aliphatic heterocycles. The van der Waals surface area contributed by atoms with Crippen LogP contribution in [-0.2, 0) is 17.3 Å². The Morgan fingerprint density at radius 3 is 2.39 bits per heavy atom. The molecule has 5 fully saturated rings. The van der Waals surface area contributed by atoms with Gasteiger partial charge in [-0.3, -0.25) is 0 Å². The summed E-state index contributed by atoms with van der Waals surface area (Å²) in [6.45, 7) is 7.38. The second-order valence-corrected chi connectivity index (χ2v) is 15.4. The predicted molar refractivity (Wildman–Crippen MR) is 182 cm³/mol. The van der Waals surface area contributed by atoms with Gasteiger partial charge in [-0.1, -0.05) is 13.0 Å². The smallest absolute Gasteiger partial charge is 0.417 e. The molecule has 5 aliphatic rings. The molecule has 1 aliphatic carbocycles. The number of alkyl halides is 3. The highest BCUT2D eigenvalue weighted by Gasteiger charge is 2.48. The first-order chi connectivity index (χ1) is 24.5. The number of fused-ring (bicyclic) bond motifs is 5. The summed E-state index contributed by atoms with van der Waals surface area (Å²) in [6.07, 6.45) is -1.09. The third kappa shape index (κ3) is 5.85. The molecule has 9 rings (SSSR count). The lowest BCUT2D eigenvalue weighted by molar-refractivity contribution is -0.137. The van der Waals surface area contributed by atoms with Crippen molar-refractivity contribution in [3.05, 3.63) is 53.1 Å². The van der Waals surface area contributed by atoms with Crippen LogP contribution in [0.3, 0.4) is 0 Å². The van der Waals surface area contributed by atoms with Crippen LogP contribution in [0.15, 0.2) is 30.3 Å². The van der Waals surface area contributed by atoms with Crippen LogP contribution < -0.4 is 15.0 Å². The van der Waals surface area contributed by atoms with E-state index in [2.05, 4.69) is 15.2 Å². The molecule has 8 nitrogen and oxygen atoms in total. The monoisotopic (exact) mass is 709 g/mol. The molecule has 2 unspecified atom stereocenters. The largest absolute Gasteiger partial charge is 0.508 e. The summed E-state index contributed by atoms with van der Waals surface area (Å²) < 4.78 is 89.6. The molecule has 1 aromatic heterocycles. The number of aromatic nitrogens is 2. The number of aryl methyl sites for hydroxylation is 1. The number of nitrogens with zero attached hydrogens (tertiary/aromatic N) is 4. The van der Waals surface area contributed by atoms with E-state index in [9.17, 15) is 5.11 Å². The van der Waals surface area contributed by atoms with Crippen LogP contribution in [-0.4, -0.2) is 84.6 Å². The van der Waals surface area contributed by atoms with Gasteiger partial charge in [0.05, 0.1) is 25.4 Å². The molecule has 4 saturated heterocycles. The average molecular weight is 710 g/mol. The number of likely N-dealkylation sites (tertiary alicyclic amines) is 1. The van der Waals surface area contributed by atoms with Gasteiger partial charge in [-0.2, -0.15) is 23.1 Å². The maximum Gasteiger partial charge on any atom is 0.417 e. The molecule has 13 heteroatoms. The van der Waals surface area contributed by atoms with Gasteiger partial charge in [0.2, 0.25) is 0 Å². The van der Waals surface area contributed by atoms with Crippen LogP contribution in [0.5, 0.6) is 11.8 Å². The maximum absolute atomic E-state index is 17.2. The quantitative estimate of drug-likeness (QED) is 0.196. The fraction of sp³-hybridized carbons (Fsp3) is 0.526.